The van der Waals surface area contributed by atoms with Crippen molar-refractivity contribution < 1.29 is 0 Å². The summed E-state index contributed by atoms with van der Waals surface area (Å²) in [6, 6.07) is 50.4. The number of benzene rings is 5. The van der Waals surface area contributed by atoms with E-state index in [9.17, 15) is 0 Å². The van der Waals surface area contributed by atoms with Gasteiger partial charge in [-0.2, -0.15) is 0 Å². The normalized spacial score (nSPS) is 11.1. The van der Waals surface area contributed by atoms with E-state index in [2.05, 4.69) is 138 Å². The van der Waals surface area contributed by atoms with Crippen LogP contribution in [-0.2, 0) is 0 Å². The Morgan fingerprint density at radius 2 is 0.844 bits per heavy atom. The van der Waals surface area contributed by atoms with Crippen LogP contribution in [0.2, 0.25) is 0 Å². The molecular formula is C40H26N4S. The molecule has 0 aliphatic heterocycles. The van der Waals surface area contributed by atoms with Gasteiger partial charge in [0.25, 0.3) is 0 Å². The molecule has 0 saturated carbocycles. The molecule has 0 amide bonds. The van der Waals surface area contributed by atoms with Crippen LogP contribution in [0.3, 0.4) is 0 Å². The molecule has 0 unspecified atom stereocenters. The van der Waals surface area contributed by atoms with Crippen LogP contribution in [0.1, 0.15) is 0 Å². The first-order chi connectivity index (χ1) is 22.3. The molecule has 0 fully saturated rings. The lowest BCUT2D eigenvalue weighted by atomic mass is 10.0. The molecule has 5 heteroatoms. The molecule has 3 heterocycles. The summed E-state index contributed by atoms with van der Waals surface area (Å²) in [5, 5.41) is 1.26. The number of fused-ring (bicyclic) bond motifs is 1. The van der Waals surface area contributed by atoms with E-state index < -0.39 is 0 Å². The third-order valence-corrected chi connectivity index (χ3v) is 9.04. The van der Waals surface area contributed by atoms with Gasteiger partial charge in [0.05, 0.1) is 0 Å². The zero-order valence-corrected chi connectivity index (χ0v) is 25.0. The summed E-state index contributed by atoms with van der Waals surface area (Å²) >= 11 is 1.81. The summed E-state index contributed by atoms with van der Waals surface area (Å²) in [5.41, 5.74) is 8.47. The molecule has 0 bridgehead atoms. The Kier molecular flexibility index (Phi) is 6.98. The summed E-state index contributed by atoms with van der Waals surface area (Å²) in [6.45, 7) is 0. The fourth-order valence-corrected chi connectivity index (χ4v) is 6.53. The second kappa shape index (κ2) is 11.7. The lowest BCUT2D eigenvalue weighted by Crippen LogP contribution is -2.00. The molecule has 212 valence electrons. The first kappa shape index (κ1) is 26.8. The van der Waals surface area contributed by atoms with Crippen LogP contribution in [0, 0.1) is 0 Å². The average Bonchev–Trinajstić information content (AvgIpc) is 3.57. The average molecular weight is 595 g/mol. The Hall–Kier alpha value is -5.78. The molecular weight excluding hydrogens is 569 g/mol. The van der Waals surface area contributed by atoms with Gasteiger partial charge in [-0.15, -0.1) is 11.3 Å². The molecule has 3 aromatic heterocycles. The third-order valence-electron chi connectivity index (χ3n) is 7.88. The highest BCUT2D eigenvalue weighted by molar-refractivity contribution is 7.22. The summed E-state index contributed by atoms with van der Waals surface area (Å²) in [7, 11) is 0. The number of hydrogen-bond donors (Lipinski definition) is 0. The second-order valence-corrected chi connectivity index (χ2v) is 11.9. The minimum atomic E-state index is 0.633. The number of aromatic nitrogens is 4. The minimum absolute atomic E-state index is 0.633. The number of pyridine rings is 1. The maximum atomic E-state index is 4.98. The summed E-state index contributed by atoms with van der Waals surface area (Å²) in [6.07, 6.45) is 3.66. The summed E-state index contributed by atoms with van der Waals surface area (Å²) in [4.78, 5) is 20.4. The van der Waals surface area contributed by atoms with E-state index >= 15 is 0 Å². The van der Waals surface area contributed by atoms with E-state index in [1.54, 1.807) is 17.5 Å². The van der Waals surface area contributed by atoms with E-state index in [0.717, 1.165) is 33.4 Å². The summed E-state index contributed by atoms with van der Waals surface area (Å²) in [5.74, 6) is 1.91. The molecule has 8 rings (SSSR count). The Balaban J connectivity index is 1.18. The topological polar surface area (TPSA) is 51.6 Å². The van der Waals surface area contributed by atoms with Crippen molar-refractivity contribution in [2.45, 2.75) is 0 Å². The molecule has 0 saturated heterocycles. The molecule has 0 atom stereocenters. The maximum Gasteiger partial charge on any atom is 0.164 e. The Morgan fingerprint density at radius 1 is 0.378 bits per heavy atom. The molecule has 0 aliphatic rings. The lowest BCUT2D eigenvalue weighted by Gasteiger charge is -2.10. The predicted octanol–water partition coefficient (Wildman–Crippen LogP) is 10.5. The highest BCUT2D eigenvalue weighted by Crippen LogP contribution is 2.35. The Bertz CT molecular complexity index is 2090. The predicted molar refractivity (Wildman–Crippen MR) is 186 cm³/mol. The Morgan fingerprint density at radius 3 is 1.40 bits per heavy atom. The first-order valence-electron chi connectivity index (χ1n) is 14.8. The highest BCUT2D eigenvalue weighted by atomic mass is 32.1. The number of hydrogen-bond acceptors (Lipinski definition) is 5. The van der Waals surface area contributed by atoms with Crippen molar-refractivity contribution in [3.63, 3.8) is 0 Å². The van der Waals surface area contributed by atoms with Crippen molar-refractivity contribution >= 4 is 21.4 Å². The van der Waals surface area contributed by atoms with Gasteiger partial charge in [-0.1, -0.05) is 127 Å². The van der Waals surface area contributed by atoms with Crippen LogP contribution in [-0.4, -0.2) is 19.9 Å². The molecule has 4 nitrogen and oxygen atoms in total. The van der Waals surface area contributed by atoms with Gasteiger partial charge in [-0.3, -0.25) is 4.98 Å². The van der Waals surface area contributed by atoms with E-state index in [-0.39, 0.29) is 0 Å². The third kappa shape index (κ3) is 5.53. The molecule has 45 heavy (non-hydrogen) atoms. The highest BCUT2D eigenvalue weighted by Gasteiger charge is 2.14. The van der Waals surface area contributed by atoms with Gasteiger partial charge in [0, 0.05) is 38.7 Å². The van der Waals surface area contributed by atoms with Crippen molar-refractivity contribution in [2.75, 3.05) is 0 Å². The quantitative estimate of drug-likeness (QED) is 0.192. The fourth-order valence-electron chi connectivity index (χ4n) is 5.46. The fraction of sp³-hybridized carbons (Fsp3) is 0. The maximum absolute atomic E-state index is 4.98. The smallest absolute Gasteiger partial charge is 0.164 e. The van der Waals surface area contributed by atoms with Gasteiger partial charge in [0.1, 0.15) is 0 Å². The van der Waals surface area contributed by atoms with Crippen LogP contribution in [0.4, 0.5) is 0 Å². The Labute approximate surface area is 265 Å². The van der Waals surface area contributed by atoms with Crippen LogP contribution in [0.25, 0.3) is 76.9 Å². The molecule has 0 N–H and O–H groups in total. The van der Waals surface area contributed by atoms with Gasteiger partial charge in [0.15, 0.2) is 17.5 Å². The van der Waals surface area contributed by atoms with Crippen LogP contribution in [0.5, 0.6) is 0 Å². The van der Waals surface area contributed by atoms with Crippen molar-refractivity contribution in [2.24, 2.45) is 0 Å². The van der Waals surface area contributed by atoms with Gasteiger partial charge in [0.2, 0.25) is 0 Å². The minimum Gasteiger partial charge on any atom is -0.264 e. The SMILES string of the molecule is c1ccc(-c2ccc(-c3nc(-c4ccc(-c5cccnc5)cc4)nc(-c4ccc(-c5cc6ccccc6s5)cc4)n3)cc2)cc1. The molecule has 0 spiro atoms. The first-order valence-corrected chi connectivity index (χ1v) is 15.6. The molecule has 5 aromatic carbocycles. The van der Waals surface area contributed by atoms with E-state index in [1.807, 2.05) is 18.3 Å². The molecule has 0 aliphatic carbocycles. The zero-order chi connectivity index (χ0) is 30.0. The van der Waals surface area contributed by atoms with Crippen LogP contribution in [0.15, 0.2) is 158 Å². The number of thiophene rings is 1. The number of nitrogens with zero attached hydrogens (tertiary/aromatic N) is 4. The largest absolute Gasteiger partial charge is 0.264 e. The van der Waals surface area contributed by atoms with Crippen molar-refractivity contribution in [3.8, 4) is 66.9 Å². The second-order valence-electron chi connectivity index (χ2n) is 10.8. The standard InChI is InChI=1S/C40H26N4S/c1-2-7-27(8-3-1)28-12-18-31(19-13-28)38-42-39(32-20-14-29(15-21-32)35-10-6-24-41-26-35)44-40(43-38)33-22-16-30(17-23-33)37-25-34-9-4-5-11-36(34)45-37/h1-26H. The van der Waals surface area contributed by atoms with Crippen molar-refractivity contribution in [1.82, 2.24) is 19.9 Å². The van der Waals surface area contributed by atoms with Crippen LogP contribution >= 0.6 is 11.3 Å². The summed E-state index contributed by atoms with van der Waals surface area (Å²) < 4.78 is 1.29. The van der Waals surface area contributed by atoms with Gasteiger partial charge < -0.3 is 0 Å². The van der Waals surface area contributed by atoms with Gasteiger partial charge in [-0.25, -0.2) is 15.0 Å². The van der Waals surface area contributed by atoms with E-state index in [1.165, 1.54) is 26.1 Å². The van der Waals surface area contributed by atoms with Crippen molar-refractivity contribution in [3.05, 3.63) is 158 Å². The monoisotopic (exact) mass is 594 g/mol. The van der Waals surface area contributed by atoms with Gasteiger partial charge in [-0.05, 0) is 51.4 Å². The van der Waals surface area contributed by atoms with Crippen molar-refractivity contribution in [1.29, 1.82) is 0 Å². The van der Waals surface area contributed by atoms with Gasteiger partial charge >= 0.3 is 0 Å². The van der Waals surface area contributed by atoms with Crippen LogP contribution < -0.4 is 0 Å². The van der Waals surface area contributed by atoms with E-state index in [4.69, 9.17) is 15.0 Å². The zero-order valence-electron chi connectivity index (χ0n) is 24.2. The number of rotatable bonds is 6. The molecule has 8 aromatic rings. The molecule has 0 radical (unpaired) electrons. The lowest BCUT2D eigenvalue weighted by molar-refractivity contribution is 1.07. The van der Waals surface area contributed by atoms with E-state index in [0.29, 0.717) is 17.5 Å².